The Morgan fingerprint density at radius 1 is 1.32 bits per heavy atom. The van der Waals surface area contributed by atoms with Crippen molar-refractivity contribution in [3.05, 3.63) is 41.7 Å². The van der Waals surface area contributed by atoms with E-state index in [1.165, 1.54) is 6.07 Å². The van der Waals surface area contributed by atoms with Gasteiger partial charge in [-0.1, -0.05) is 17.3 Å². The van der Waals surface area contributed by atoms with Gasteiger partial charge in [0.25, 0.3) is 0 Å². The molecule has 2 aromatic rings. The van der Waals surface area contributed by atoms with Gasteiger partial charge in [-0.3, -0.25) is 4.79 Å². The number of nitrogens with zero attached hydrogens (tertiary/aromatic N) is 2. The summed E-state index contributed by atoms with van der Waals surface area (Å²) >= 11 is 0. The molecule has 7 nitrogen and oxygen atoms in total. The van der Waals surface area contributed by atoms with E-state index in [2.05, 4.69) is 10.5 Å². The summed E-state index contributed by atoms with van der Waals surface area (Å²) in [6.45, 7) is 3.17. The zero-order chi connectivity index (χ0) is 16.3. The molecule has 0 spiro atoms. The number of aryl methyl sites for hydroxylation is 2. The van der Waals surface area contributed by atoms with Crippen LogP contribution in [0.15, 0.2) is 34.9 Å². The van der Waals surface area contributed by atoms with E-state index in [0.717, 1.165) is 16.1 Å². The number of carbonyl (C=O) groups excluding carboxylic acids is 1. The fourth-order valence-corrected chi connectivity index (χ4v) is 2.67. The van der Waals surface area contributed by atoms with E-state index in [1.807, 2.05) is 13.0 Å². The lowest BCUT2D eigenvalue weighted by Gasteiger charge is -2.18. The molecule has 1 aromatic carbocycles. The fraction of sp³-hybridized carbons (Fsp3) is 0.286. The smallest absolute Gasteiger partial charge is 0.245 e. The van der Waals surface area contributed by atoms with Crippen LogP contribution in [0.3, 0.4) is 0 Å². The molecule has 1 heterocycles. The number of hydrogen-bond donors (Lipinski definition) is 1. The summed E-state index contributed by atoms with van der Waals surface area (Å²) in [7, 11) is -3.65. The molecular formula is C14H17N3O4S. The first-order valence-corrected chi connectivity index (χ1v) is 8.38. The van der Waals surface area contributed by atoms with E-state index >= 15 is 0 Å². The summed E-state index contributed by atoms with van der Waals surface area (Å²) in [5.74, 6) is 0.0822. The minimum absolute atomic E-state index is 0.0828. The number of sulfonamides is 1. The Morgan fingerprint density at radius 3 is 2.59 bits per heavy atom. The maximum absolute atomic E-state index is 12.1. The lowest BCUT2D eigenvalue weighted by Crippen LogP contribution is -2.37. The van der Waals surface area contributed by atoms with E-state index < -0.39 is 15.9 Å². The number of nitrogens with one attached hydrogen (secondary N) is 1. The third kappa shape index (κ3) is 4.08. The zero-order valence-corrected chi connectivity index (χ0v) is 13.3. The third-order valence-corrected chi connectivity index (χ3v) is 3.98. The van der Waals surface area contributed by atoms with Gasteiger partial charge >= 0.3 is 0 Å². The van der Waals surface area contributed by atoms with Crippen LogP contribution in [0.4, 0.5) is 11.5 Å². The number of amides is 1. The number of anilines is 2. The first-order valence-electron chi connectivity index (χ1n) is 6.53. The Bertz CT molecular complexity index is 783. The SMILES string of the molecule is Cc1cccc(NC(=O)CN(c2cc(C)on2)S(C)(=O)=O)c1. The normalized spacial score (nSPS) is 11.2. The van der Waals surface area contributed by atoms with Gasteiger partial charge in [-0.15, -0.1) is 0 Å². The molecule has 0 radical (unpaired) electrons. The van der Waals surface area contributed by atoms with Crippen LogP contribution in [0.2, 0.25) is 0 Å². The quantitative estimate of drug-likeness (QED) is 0.904. The van der Waals surface area contributed by atoms with Gasteiger partial charge < -0.3 is 9.84 Å². The van der Waals surface area contributed by atoms with E-state index in [1.54, 1.807) is 25.1 Å². The summed E-state index contributed by atoms with van der Waals surface area (Å²) in [5.41, 5.74) is 1.60. The van der Waals surface area contributed by atoms with Crippen LogP contribution in [0.5, 0.6) is 0 Å². The summed E-state index contributed by atoms with van der Waals surface area (Å²) in [5, 5.41) is 6.31. The molecule has 0 saturated carbocycles. The predicted octanol–water partition coefficient (Wildman–Crippen LogP) is 1.70. The maximum atomic E-state index is 12.1. The van der Waals surface area contributed by atoms with E-state index in [4.69, 9.17) is 4.52 Å². The highest BCUT2D eigenvalue weighted by Gasteiger charge is 2.23. The van der Waals surface area contributed by atoms with Crippen molar-refractivity contribution in [1.29, 1.82) is 0 Å². The van der Waals surface area contributed by atoms with E-state index in [0.29, 0.717) is 11.4 Å². The van der Waals surface area contributed by atoms with Crippen LogP contribution in [-0.2, 0) is 14.8 Å². The summed E-state index contributed by atoms with van der Waals surface area (Å²) < 4.78 is 29.5. The largest absolute Gasteiger partial charge is 0.360 e. The molecule has 1 aromatic heterocycles. The molecule has 22 heavy (non-hydrogen) atoms. The van der Waals surface area contributed by atoms with Gasteiger partial charge in [0.15, 0.2) is 5.82 Å². The van der Waals surface area contributed by atoms with E-state index in [-0.39, 0.29) is 12.4 Å². The second-order valence-electron chi connectivity index (χ2n) is 4.98. The minimum Gasteiger partial charge on any atom is -0.360 e. The van der Waals surface area contributed by atoms with Crippen molar-refractivity contribution >= 4 is 27.4 Å². The average molecular weight is 323 g/mol. The van der Waals surface area contributed by atoms with Gasteiger partial charge in [0, 0.05) is 11.8 Å². The Kier molecular flexibility index (Phi) is 4.51. The summed E-state index contributed by atoms with van der Waals surface area (Å²) in [4.78, 5) is 12.1. The van der Waals surface area contributed by atoms with E-state index in [9.17, 15) is 13.2 Å². The molecule has 2 rings (SSSR count). The van der Waals surface area contributed by atoms with Crippen molar-refractivity contribution in [2.24, 2.45) is 0 Å². The Labute approximate surface area is 129 Å². The lowest BCUT2D eigenvalue weighted by molar-refractivity contribution is -0.114. The molecule has 0 bridgehead atoms. The first-order chi connectivity index (χ1) is 10.3. The van der Waals surface area contributed by atoms with Crippen LogP contribution < -0.4 is 9.62 Å². The number of hydrogen-bond acceptors (Lipinski definition) is 5. The average Bonchev–Trinajstić information content (AvgIpc) is 2.81. The molecule has 0 aliphatic heterocycles. The molecule has 118 valence electrons. The monoisotopic (exact) mass is 323 g/mol. The Balaban J connectivity index is 2.16. The number of carbonyl (C=O) groups is 1. The molecule has 0 aliphatic carbocycles. The molecule has 0 saturated heterocycles. The molecule has 8 heteroatoms. The zero-order valence-electron chi connectivity index (χ0n) is 12.5. The molecule has 1 amide bonds. The highest BCUT2D eigenvalue weighted by molar-refractivity contribution is 7.92. The van der Waals surface area contributed by atoms with Crippen molar-refractivity contribution in [2.45, 2.75) is 13.8 Å². The van der Waals surface area contributed by atoms with Gasteiger partial charge in [-0.25, -0.2) is 12.7 Å². The topological polar surface area (TPSA) is 92.5 Å². The van der Waals surface area contributed by atoms with Gasteiger partial charge in [0.05, 0.1) is 6.26 Å². The second kappa shape index (κ2) is 6.18. The van der Waals surface area contributed by atoms with Crippen LogP contribution in [0, 0.1) is 13.8 Å². The van der Waals surface area contributed by atoms with Crippen molar-refractivity contribution in [3.63, 3.8) is 0 Å². The van der Waals surface area contributed by atoms with Crippen LogP contribution in [0.25, 0.3) is 0 Å². The third-order valence-electron chi connectivity index (χ3n) is 2.86. The van der Waals surface area contributed by atoms with Gasteiger partial charge in [-0.05, 0) is 31.5 Å². The molecular weight excluding hydrogens is 306 g/mol. The van der Waals surface area contributed by atoms with Gasteiger partial charge in [0.1, 0.15) is 12.3 Å². The molecule has 0 atom stereocenters. The number of benzene rings is 1. The van der Waals surface area contributed by atoms with Crippen LogP contribution in [0.1, 0.15) is 11.3 Å². The first kappa shape index (κ1) is 16.0. The van der Waals surface area contributed by atoms with Crippen molar-refractivity contribution in [2.75, 3.05) is 22.4 Å². The second-order valence-corrected chi connectivity index (χ2v) is 6.89. The highest BCUT2D eigenvalue weighted by atomic mass is 32.2. The highest BCUT2D eigenvalue weighted by Crippen LogP contribution is 2.17. The summed E-state index contributed by atoms with van der Waals surface area (Å²) in [6.07, 6.45) is 1.01. The van der Waals surface area contributed by atoms with Gasteiger partial charge in [0.2, 0.25) is 15.9 Å². The molecule has 0 aliphatic rings. The van der Waals surface area contributed by atoms with Crippen LogP contribution >= 0.6 is 0 Å². The molecule has 0 fully saturated rings. The molecule has 0 unspecified atom stereocenters. The maximum Gasteiger partial charge on any atom is 0.245 e. The number of rotatable bonds is 5. The Morgan fingerprint density at radius 2 is 2.05 bits per heavy atom. The Hall–Kier alpha value is -2.35. The van der Waals surface area contributed by atoms with Crippen molar-refractivity contribution < 1.29 is 17.7 Å². The fourth-order valence-electron chi connectivity index (χ4n) is 1.89. The molecule has 1 N–H and O–H groups in total. The summed E-state index contributed by atoms with van der Waals surface area (Å²) in [6, 6.07) is 8.69. The number of aromatic nitrogens is 1. The van der Waals surface area contributed by atoms with Gasteiger partial charge in [-0.2, -0.15) is 0 Å². The lowest BCUT2D eigenvalue weighted by atomic mass is 10.2. The van der Waals surface area contributed by atoms with Crippen LogP contribution in [-0.4, -0.2) is 32.3 Å². The van der Waals surface area contributed by atoms with Crippen molar-refractivity contribution in [3.8, 4) is 0 Å². The standard InChI is InChI=1S/C14H17N3O4S/c1-10-5-4-6-12(7-10)15-14(18)9-17(22(3,19)20)13-8-11(2)21-16-13/h4-8H,9H2,1-3H3,(H,15,18). The minimum atomic E-state index is -3.65. The van der Waals surface area contributed by atoms with Crippen molar-refractivity contribution in [1.82, 2.24) is 5.16 Å². The predicted molar refractivity (Wildman–Crippen MR) is 83.2 cm³/mol.